The van der Waals surface area contributed by atoms with Crippen LogP contribution in [0, 0.1) is 0 Å². The van der Waals surface area contributed by atoms with Gasteiger partial charge in [-0.05, 0) is 48.5 Å². The van der Waals surface area contributed by atoms with Crippen LogP contribution in [0.1, 0.15) is 26.3 Å². The van der Waals surface area contributed by atoms with Crippen LogP contribution in [0.2, 0.25) is 0 Å². The van der Waals surface area contributed by atoms with Crippen LogP contribution in [-0.4, -0.2) is 18.2 Å². The number of alkyl halides is 6. The van der Waals surface area contributed by atoms with Crippen LogP contribution < -0.4 is 15.6 Å². The first kappa shape index (κ1) is 20.1. The number of rotatable bonds is 3. The summed E-state index contributed by atoms with van der Waals surface area (Å²) in [5.74, 6) is -2.27. The van der Waals surface area contributed by atoms with Crippen LogP contribution in [0.3, 0.4) is 0 Å². The van der Waals surface area contributed by atoms with Gasteiger partial charge in [0, 0.05) is 11.1 Å². The van der Waals surface area contributed by atoms with Gasteiger partial charge in [0.2, 0.25) is 0 Å². The topological polar surface area (TPSA) is 67.4 Å². The number of amides is 2. The van der Waals surface area contributed by atoms with E-state index in [1.54, 1.807) is 0 Å². The standard InChI is InChI=1S/C16H10F6N2O3/c17-15(18,19)11-5-1-9(2-6-11)13(25)23-24-14(26)10-3-7-12(8-4-10)27-16(20,21)22/h1-8H,(H,23,25)(H,24,26). The van der Waals surface area contributed by atoms with E-state index in [2.05, 4.69) is 4.74 Å². The van der Waals surface area contributed by atoms with Crippen LogP contribution in [0.15, 0.2) is 48.5 Å². The average molecular weight is 392 g/mol. The Morgan fingerprint density at radius 1 is 0.704 bits per heavy atom. The number of nitrogens with one attached hydrogen (secondary N) is 2. The Balaban J connectivity index is 1.94. The lowest BCUT2D eigenvalue weighted by atomic mass is 10.1. The molecule has 2 rings (SSSR count). The molecule has 0 aliphatic carbocycles. The zero-order valence-electron chi connectivity index (χ0n) is 13.1. The molecular weight excluding hydrogens is 382 g/mol. The lowest BCUT2D eigenvalue weighted by Gasteiger charge is -2.10. The molecule has 0 saturated carbocycles. The molecule has 0 aliphatic heterocycles. The minimum Gasteiger partial charge on any atom is -0.406 e. The first-order valence-electron chi connectivity index (χ1n) is 7.09. The number of carbonyl (C=O) groups excluding carboxylic acids is 2. The van der Waals surface area contributed by atoms with E-state index in [0.29, 0.717) is 12.1 Å². The Hall–Kier alpha value is -3.24. The fourth-order valence-corrected chi connectivity index (χ4v) is 1.88. The number of hydrazine groups is 1. The molecule has 0 heterocycles. The van der Waals surface area contributed by atoms with Gasteiger partial charge in [0.1, 0.15) is 5.75 Å². The van der Waals surface area contributed by atoms with E-state index in [-0.39, 0.29) is 11.1 Å². The zero-order valence-corrected chi connectivity index (χ0v) is 13.1. The maximum atomic E-state index is 12.5. The molecule has 0 spiro atoms. The molecule has 0 saturated heterocycles. The summed E-state index contributed by atoms with van der Waals surface area (Å²) in [7, 11) is 0. The summed E-state index contributed by atoms with van der Waals surface area (Å²) >= 11 is 0. The molecule has 2 aromatic rings. The third kappa shape index (κ3) is 5.90. The van der Waals surface area contributed by atoms with Crippen LogP contribution in [0.5, 0.6) is 5.75 Å². The average Bonchev–Trinajstić information content (AvgIpc) is 2.58. The molecule has 11 heteroatoms. The lowest BCUT2D eigenvalue weighted by Crippen LogP contribution is -2.41. The van der Waals surface area contributed by atoms with Gasteiger partial charge in [-0.15, -0.1) is 13.2 Å². The summed E-state index contributed by atoms with van der Waals surface area (Å²) in [6.45, 7) is 0. The lowest BCUT2D eigenvalue weighted by molar-refractivity contribution is -0.274. The number of hydrogen-bond donors (Lipinski definition) is 2. The predicted octanol–water partition coefficient (Wildman–Crippen LogP) is 3.68. The number of carbonyl (C=O) groups is 2. The number of ether oxygens (including phenoxy) is 1. The molecule has 27 heavy (non-hydrogen) atoms. The molecule has 2 aromatic carbocycles. The third-order valence-corrected chi connectivity index (χ3v) is 3.11. The summed E-state index contributed by atoms with van der Waals surface area (Å²) < 4.78 is 77.2. The fraction of sp³-hybridized carbons (Fsp3) is 0.125. The number of hydrogen-bond acceptors (Lipinski definition) is 3. The van der Waals surface area contributed by atoms with E-state index in [1.807, 2.05) is 10.9 Å². The largest absolute Gasteiger partial charge is 0.573 e. The van der Waals surface area contributed by atoms with E-state index >= 15 is 0 Å². The van der Waals surface area contributed by atoms with E-state index in [9.17, 15) is 35.9 Å². The Morgan fingerprint density at radius 2 is 1.11 bits per heavy atom. The predicted molar refractivity (Wildman–Crippen MR) is 79.5 cm³/mol. The van der Waals surface area contributed by atoms with Gasteiger partial charge in [0.05, 0.1) is 5.56 Å². The number of halogens is 6. The quantitative estimate of drug-likeness (QED) is 0.619. The van der Waals surface area contributed by atoms with Crippen LogP contribution in [0.25, 0.3) is 0 Å². The second-order valence-electron chi connectivity index (χ2n) is 5.06. The normalized spacial score (nSPS) is 11.6. The van der Waals surface area contributed by atoms with Gasteiger partial charge in [-0.25, -0.2) is 0 Å². The molecule has 0 fully saturated rings. The van der Waals surface area contributed by atoms with Gasteiger partial charge < -0.3 is 4.74 Å². The van der Waals surface area contributed by atoms with Crippen molar-refractivity contribution in [1.29, 1.82) is 0 Å². The van der Waals surface area contributed by atoms with E-state index < -0.39 is 35.7 Å². The Morgan fingerprint density at radius 3 is 1.48 bits per heavy atom. The monoisotopic (exact) mass is 392 g/mol. The summed E-state index contributed by atoms with van der Waals surface area (Å²) in [5, 5.41) is 0. The first-order chi connectivity index (χ1) is 12.5. The number of benzene rings is 2. The summed E-state index contributed by atoms with van der Waals surface area (Å²) in [5.41, 5.74) is 2.80. The zero-order chi connectivity index (χ0) is 20.2. The van der Waals surface area contributed by atoms with E-state index in [1.165, 1.54) is 0 Å². The van der Waals surface area contributed by atoms with Crippen LogP contribution in [-0.2, 0) is 6.18 Å². The highest BCUT2D eigenvalue weighted by Gasteiger charge is 2.31. The smallest absolute Gasteiger partial charge is 0.406 e. The van der Waals surface area contributed by atoms with Crippen LogP contribution in [0.4, 0.5) is 26.3 Å². The molecule has 2 N–H and O–H groups in total. The first-order valence-corrected chi connectivity index (χ1v) is 7.09. The molecule has 0 aliphatic rings. The second-order valence-corrected chi connectivity index (χ2v) is 5.06. The van der Waals surface area contributed by atoms with Crippen molar-refractivity contribution in [2.24, 2.45) is 0 Å². The van der Waals surface area contributed by atoms with Gasteiger partial charge in [-0.2, -0.15) is 13.2 Å². The highest BCUT2D eigenvalue weighted by molar-refractivity contribution is 5.99. The summed E-state index contributed by atoms with van der Waals surface area (Å²) in [6, 6.07) is 7.12. The van der Waals surface area contributed by atoms with Gasteiger partial charge >= 0.3 is 12.5 Å². The van der Waals surface area contributed by atoms with Crippen molar-refractivity contribution in [3.05, 3.63) is 65.2 Å². The molecule has 5 nitrogen and oxygen atoms in total. The maximum absolute atomic E-state index is 12.5. The maximum Gasteiger partial charge on any atom is 0.573 e. The van der Waals surface area contributed by atoms with Crippen molar-refractivity contribution < 1.29 is 40.7 Å². The van der Waals surface area contributed by atoms with Crippen LogP contribution >= 0.6 is 0 Å². The Labute approximate surface area is 147 Å². The molecule has 144 valence electrons. The summed E-state index contributed by atoms with van der Waals surface area (Å²) in [4.78, 5) is 23.6. The SMILES string of the molecule is O=C(NNC(=O)c1ccc(C(F)(F)F)cc1)c1ccc(OC(F)(F)F)cc1. The highest BCUT2D eigenvalue weighted by Crippen LogP contribution is 2.29. The Bertz CT molecular complexity index is 814. The van der Waals surface area contributed by atoms with Crippen molar-refractivity contribution in [3.8, 4) is 5.75 Å². The van der Waals surface area contributed by atoms with Crippen molar-refractivity contribution in [1.82, 2.24) is 10.9 Å². The molecule has 0 radical (unpaired) electrons. The van der Waals surface area contributed by atoms with Gasteiger partial charge in [0.15, 0.2) is 0 Å². The minimum atomic E-state index is -4.88. The van der Waals surface area contributed by atoms with E-state index in [4.69, 9.17) is 0 Å². The van der Waals surface area contributed by atoms with Gasteiger partial charge in [0.25, 0.3) is 11.8 Å². The molecule has 0 bridgehead atoms. The Kier molecular flexibility index (Phi) is 5.62. The highest BCUT2D eigenvalue weighted by atomic mass is 19.4. The molecule has 2 amide bonds. The van der Waals surface area contributed by atoms with Gasteiger partial charge in [-0.1, -0.05) is 0 Å². The van der Waals surface area contributed by atoms with Crippen molar-refractivity contribution in [3.63, 3.8) is 0 Å². The van der Waals surface area contributed by atoms with Crippen molar-refractivity contribution in [2.45, 2.75) is 12.5 Å². The van der Waals surface area contributed by atoms with Crippen molar-refractivity contribution in [2.75, 3.05) is 0 Å². The molecule has 0 atom stereocenters. The third-order valence-electron chi connectivity index (χ3n) is 3.11. The fourth-order valence-electron chi connectivity index (χ4n) is 1.88. The minimum absolute atomic E-state index is 0.0859. The summed E-state index contributed by atoms with van der Waals surface area (Å²) in [6.07, 6.45) is -9.43. The van der Waals surface area contributed by atoms with Crippen molar-refractivity contribution >= 4 is 11.8 Å². The molecule has 0 aromatic heterocycles. The molecular formula is C16H10F6N2O3. The van der Waals surface area contributed by atoms with E-state index in [0.717, 1.165) is 36.4 Å². The van der Waals surface area contributed by atoms with Gasteiger partial charge in [-0.3, -0.25) is 20.4 Å². The second kappa shape index (κ2) is 7.56. The molecule has 0 unspecified atom stereocenters.